The van der Waals surface area contributed by atoms with E-state index in [4.69, 9.17) is 5.26 Å². The van der Waals surface area contributed by atoms with Crippen molar-refractivity contribution < 1.29 is 8.42 Å². The molecule has 0 aliphatic carbocycles. The summed E-state index contributed by atoms with van der Waals surface area (Å²) in [6.07, 6.45) is 4.02. The third-order valence-electron chi connectivity index (χ3n) is 4.72. The smallest absolute Gasteiger partial charge is 0.239 e. The predicted octanol–water partition coefficient (Wildman–Crippen LogP) is 3.51. The average molecular weight is 375 g/mol. The topological polar surface area (TPSA) is 74.1 Å². The van der Waals surface area contributed by atoms with Gasteiger partial charge in [0.2, 0.25) is 10.0 Å². The highest BCUT2D eigenvalue weighted by molar-refractivity contribution is 7.92. The first-order chi connectivity index (χ1) is 13.1. The summed E-state index contributed by atoms with van der Waals surface area (Å²) in [5.74, 6) is -0.0334. The largest absolute Gasteiger partial charge is 0.268 e. The standard InChI is InChI=1S/C21H17N3O2S/c22-12-16-6-8-18(9-7-16)20-13-23-14-21-19(20)10-11-24(21)27(25,26)15-17-4-2-1-3-5-17/h1-9,13-14H,10-11,15H2. The molecule has 1 aromatic heterocycles. The van der Waals surface area contributed by atoms with Crippen molar-refractivity contribution in [3.63, 3.8) is 0 Å². The van der Waals surface area contributed by atoms with Gasteiger partial charge in [-0.1, -0.05) is 42.5 Å². The van der Waals surface area contributed by atoms with Crippen LogP contribution in [-0.2, 0) is 22.2 Å². The van der Waals surface area contributed by atoms with Gasteiger partial charge in [-0.15, -0.1) is 0 Å². The molecule has 4 rings (SSSR count). The summed E-state index contributed by atoms with van der Waals surface area (Å²) in [5, 5.41) is 8.96. The van der Waals surface area contributed by atoms with Gasteiger partial charge < -0.3 is 0 Å². The van der Waals surface area contributed by atoms with Crippen molar-refractivity contribution in [3.05, 3.63) is 83.7 Å². The summed E-state index contributed by atoms with van der Waals surface area (Å²) >= 11 is 0. The SMILES string of the molecule is N#Cc1ccc(-c2cncc3c2CCN3S(=O)(=O)Cc2ccccc2)cc1. The van der Waals surface area contributed by atoms with E-state index in [0.29, 0.717) is 24.2 Å². The fourth-order valence-electron chi connectivity index (χ4n) is 3.41. The predicted molar refractivity (Wildman–Crippen MR) is 105 cm³/mol. The lowest BCUT2D eigenvalue weighted by atomic mass is 9.99. The molecule has 0 bridgehead atoms. The van der Waals surface area contributed by atoms with Gasteiger partial charge in [-0.05, 0) is 35.2 Å². The van der Waals surface area contributed by atoms with Crippen LogP contribution in [0.1, 0.15) is 16.7 Å². The van der Waals surface area contributed by atoms with E-state index in [1.54, 1.807) is 24.5 Å². The maximum atomic E-state index is 13.0. The van der Waals surface area contributed by atoms with Crippen LogP contribution in [0.5, 0.6) is 0 Å². The van der Waals surface area contributed by atoms with Crippen LogP contribution < -0.4 is 4.31 Å². The van der Waals surface area contributed by atoms with Crippen LogP contribution in [0.25, 0.3) is 11.1 Å². The molecule has 0 fully saturated rings. The summed E-state index contributed by atoms with van der Waals surface area (Å²) in [5.41, 5.74) is 4.82. The van der Waals surface area contributed by atoms with E-state index < -0.39 is 10.0 Å². The van der Waals surface area contributed by atoms with Crippen molar-refractivity contribution in [3.8, 4) is 17.2 Å². The maximum absolute atomic E-state index is 13.0. The maximum Gasteiger partial charge on any atom is 0.239 e. The van der Waals surface area contributed by atoms with Gasteiger partial charge in [0.05, 0.1) is 29.3 Å². The molecular formula is C21H17N3O2S. The van der Waals surface area contributed by atoms with Gasteiger partial charge in [0, 0.05) is 18.3 Å². The Labute approximate surface area is 158 Å². The van der Waals surface area contributed by atoms with Crippen molar-refractivity contribution in [2.75, 3.05) is 10.8 Å². The van der Waals surface area contributed by atoms with E-state index in [1.807, 2.05) is 42.5 Å². The van der Waals surface area contributed by atoms with Gasteiger partial charge in [0.25, 0.3) is 0 Å². The number of hydrogen-bond donors (Lipinski definition) is 0. The molecule has 0 atom stereocenters. The Morgan fingerprint density at radius 1 is 1.04 bits per heavy atom. The Balaban J connectivity index is 1.69. The van der Waals surface area contributed by atoms with Crippen LogP contribution in [0.3, 0.4) is 0 Å². The minimum absolute atomic E-state index is 0.0334. The monoisotopic (exact) mass is 375 g/mol. The molecule has 0 spiro atoms. The molecule has 1 aliphatic rings. The molecule has 0 amide bonds. The third kappa shape index (κ3) is 3.29. The second-order valence-corrected chi connectivity index (χ2v) is 8.33. The van der Waals surface area contributed by atoms with Gasteiger partial charge in [-0.3, -0.25) is 9.29 Å². The van der Waals surface area contributed by atoms with Crippen molar-refractivity contribution in [1.29, 1.82) is 5.26 Å². The fraction of sp³-hybridized carbons (Fsp3) is 0.143. The number of aromatic nitrogens is 1. The zero-order chi connectivity index (χ0) is 18.9. The summed E-state index contributed by atoms with van der Waals surface area (Å²) in [6.45, 7) is 0.416. The second kappa shape index (κ2) is 6.86. The highest BCUT2D eigenvalue weighted by atomic mass is 32.2. The molecule has 134 valence electrons. The molecule has 0 N–H and O–H groups in total. The van der Waals surface area contributed by atoms with Crippen LogP contribution >= 0.6 is 0 Å². The minimum atomic E-state index is -3.49. The zero-order valence-corrected chi connectivity index (χ0v) is 15.4. The normalized spacial score (nSPS) is 13.2. The lowest BCUT2D eigenvalue weighted by molar-refractivity contribution is 0.591. The summed E-state index contributed by atoms with van der Waals surface area (Å²) in [7, 11) is -3.49. The fourth-order valence-corrected chi connectivity index (χ4v) is 5.01. The van der Waals surface area contributed by atoms with E-state index in [9.17, 15) is 8.42 Å². The van der Waals surface area contributed by atoms with Crippen LogP contribution in [0.2, 0.25) is 0 Å². The first kappa shape index (κ1) is 17.3. The average Bonchev–Trinajstić information content (AvgIpc) is 3.14. The Morgan fingerprint density at radius 2 is 1.78 bits per heavy atom. The summed E-state index contributed by atoms with van der Waals surface area (Å²) < 4.78 is 27.4. The van der Waals surface area contributed by atoms with Crippen molar-refractivity contribution >= 4 is 15.7 Å². The number of benzene rings is 2. The van der Waals surface area contributed by atoms with Crippen molar-refractivity contribution in [1.82, 2.24) is 4.98 Å². The highest BCUT2D eigenvalue weighted by Gasteiger charge is 2.31. The Bertz CT molecular complexity index is 1120. The molecule has 0 saturated carbocycles. The summed E-state index contributed by atoms with van der Waals surface area (Å²) in [4.78, 5) is 4.27. The van der Waals surface area contributed by atoms with Gasteiger partial charge >= 0.3 is 0 Å². The molecule has 2 aromatic carbocycles. The number of hydrogen-bond acceptors (Lipinski definition) is 4. The van der Waals surface area contributed by atoms with Gasteiger partial charge in [-0.2, -0.15) is 5.26 Å². The first-order valence-electron chi connectivity index (χ1n) is 8.60. The van der Waals surface area contributed by atoms with Crippen LogP contribution in [0, 0.1) is 11.3 Å². The molecule has 5 nitrogen and oxygen atoms in total. The van der Waals surface area contributed by atoms with Gasteiger partial charge in [-0.25, -0.2) is 8.42 Å². The lowest BCUT2D eigenvalue weighted by Crippen LogP contribution is -2.30. The molecule has 27 heavy (non-hydrogen) atoms. The number of anilines is 1. The summed E-state index contributed by atoms with van der Waals surface area (Å²) in [6, 6.07) is 18.6. The van der Waals surface area contributed by atoms with Crippen LogP contribution in [0.15, 0.2) is 67.0 Å². The molecule has 0 radical (unpaired) electrons. The molecular weight excluding hydrogens is 358 g/mol. The van der Waals surface area contributed by atoms with Crippen molar-refractivity contribution in [2.24, 2.45) is 0 Å². The van der Waals surface area contributed by atoms with E-state index in [0.717, 1.165) is 22.3 Å². The van der Waals surface area contributed by atoms with Gasteiger partial charge in [0.15, 0.2) is 0 Å². The molecule has 6 heteroatoms. The molecule has 0 saturated heterocycles. The number of nitriles is 1. The number of fused-ring (bicyclic) bond motifs is 1. The number of pyridine rings is 1. The zero-order valence-electron chi connectivity index (χ0n) is 14.5. The van der Waals surface area contributed by atoms with Gasteiger partial charge in [0.1, 0.15) is 0 Å². The first-order valence-corrected chi connectivity index (χ1v) is 10.2. The third-order valence-corrected chi connectivity index (χ3v) is 6.47. The molecule has 2 heterocycles. The number of sulfonamides is 1. The van der Waals surface area contributed by atoms with Crippen LogP contribution in [-0.4, -0.2) is 19.9 Å². The van der Waals surface area contributed by atoms with Crippen molar-refractivity contribution in [2.45, 2.75) is 12.2 Å². The highest BCUT2D eigenvalue weighted by Crippen LogP contribution is 2.37. The van der Waals surface area contributed by atoms with E-state index >= 15 is 0 Å². The van der Waals surface area contributed by atoms with E-state index in [1.165, 1.54) is 4.31 Å². The van der Waals surface area contributed by atoms with E-state index in [-0.39, 0.29) is 5.75 Å². The Morgan fingerprint density at radius 3 is 2.48 bits per heavy atom. The Kier molecular flexibility index (Phi) is 4.38. The number of nitrogens with zero attached hydrogens (tertiary/aromatic N) is 3. The minimum Gasteiger partial charge on any atom is -0.268 e. The lowest BCUT2D eigenvalue weighted by Gasteiger charge is -2.19. The molecule has 3 aromatic rings. The quantitative estimate of drug-likeness (QED) is 0.699. The Hall–Kier alpha value is -3.17. The second-order valence-electron chi connectivity index (χ2n) is 6.44. The molecule has 0 unspecified atom stereocenters. The molecule has 1 aliphatic heterocycles. The van der Waals surface area contributed by atoms with E-state index in [2.05, 4.69) is 11.1 Å². The number of rotatable bonds is 4. The van der Waals surface area contributed by atoms with Crippen LogP contribution in [0.4, 0.5) is 5.69 Å².